The Morgan fingerprint density at radius 2 is 1.86 bits per heavy atom. The van der Waals surface area contributed by atoms with E-state index in [1.165, 1.54) is 0 Å². The van der Waals surface area contributed by atoms with E-state index in [9.17, 15) is 4.79 Å². The molecule has 1 aromatic heterocycles. The second-order valence-corrected chi connectivity index (χ2v) is 6.55. The summed E-state index contributed by atoms with van der Waals surface area (Å²) in [7, 11) is 0. The van der Waals surface area contributed by atoms with Crippen LogP contribution in [0.3, 0.4) is 0 Å². The standard InChI is InChI=1S/C22H21ClN2O3/c1-2-20(16-9-11-17(23)12-10-16)25-21(26)15-27-18-6-5-7-19(14-18)28-22-8-3-4-13-24-22/h3-14,20H,2,15H2,1H3,(H,25,26)/t20-/m1/s1. The van der Waals surface area contributed by atoms with Crippen molar-refractivity contribution in [3.63, 3.8) is 0 Å². The predicted molar refractivity (Wildman–Crippen MR) is 109 cm³/mol. The molecule has 1 N–H and O–H groups in total. The highest BCUT2D eigenvalue weighted by atomic mass is 35.5. The zero-order valence-electron chi connectivity index (χ0n) is 15.5. The molecule has 0 aliphatic rings. The number of nitrogens with one attached hydrogen (secondary N) is 1. The van der Waals surface area contributed by atoms with Crippen LogP contribution in [0.2, 0.25) is 5.02 Å². The third kappa shape index (κ3) is 5.72. The van der Waals surface area contributed by atoms with Crippen molar-refractivity contribution in [3.8, 4) is 17.4 Å². The normalized spacial score (nSPS) is 11.5. The summed E-state index contributed by atoms with van der Waals surface area (Å²) in [6, 6.07) is 19.9. The lowest BCUT2D eigenvalue weighted by atomic mass is 10.0. The van der Waals surface area contributed by atoms with Crippen LogP contribution < -0.4 is 14.8 Å². The molecule has 0 aliphatic heterocycles. The molecule has 2 aromatic carbocycles. The average Bonchev–Trinajstić information content (AvgIpc) is 2.72. The summed E-state index contributed by atoms with van der Waals surface area (Å²) in [5, 5.41) is 3.65. The molecule has 0 spiro atoms. The van der Waals surface area contributed by atoms with Crippen molar-refractivity contribution in [1.82, 2.24) is 10.3 Å². The molecule has 0 unspecified atom stereocenters. The third-order valence-electron chi connectivity index (χ3n) is 4.05. The molecule has 0 fully saturated rings. The molecule has 0 saturated carbocycles. The van der Waals surface area contributed by atoms with E-state index in [-0.39, 0.29) is 18.6 Å². The minimum Gasteiger partial charge on any atom is -0.484 e. The summed E-state index contributed by atoms with van der Waals surface area (Å²) in [6.07, 6.45) is 2.42. The molecule has 144 valence electrons. The van der Waals surface area contributed by atoms with Crippen molar-refractivity contribution in [2.75, 3.05) is 6.61 Å². The monoisotopic (exact) mass is 396 g/mol. The molecule has 0 bridgehead atoms. The molecule has 6 heteroatoms. The quantitative estimate of drug-likeness (QED) is 0.570. The molecule has 5 nitrogen and oxygen atoms in total. The Balaban J connectivity index is 1.55. The number of nitrogens with zero attached hydrogens (tertiary/aromatic N) is 1. The molecule has 0 aliphatic carbocycles. The van der Waals surface area contributed by atoms with E-state index in [0.717, 1.165) is 12.0 Å². The largest absolute Gasteiger partial charge is 0.484 e. The van der Waals surface area contributed by atoms with Crippen LogP contribution in [-0.2, 0) is 4.79 Å². The number of hydrogen-bond donors (Lipinski definition) is 1. The number of ether oxygens (including phenoxy) is 2. The van der Waals surface area contributed by atoms with Crippen LogP contribution in [0.15, 0.2) is 72.9 Å². The Hall–Kier alpha value is -3.05. The fraction of sp³-hybridized carbons (Fsp3) is 0.182. The number of carbonyl (C=O) groups is 1. The maximum absolute atomic E-state index is 12.3. The van der Waals surface area contributed by atoms with Crippen LogP contribution in [0.25, 0.3) is 0 Å². The SMILES string of the molecule is CC[C@@H](NC(=O)COc1cccc(Oc2ccccn2)c1)c1ccc(Cl)cc1. The van der Waals surface area contributed by atoms with Gasteiger partial charge in [-0.1, -0.05) is 42.8 Å². The highest BCUT2D eigenvalue weighted by molar-refractivity contribution is 6.30. The van der Waals surface area contributed by atoms with Crippen LogP contribution >= 0.6 is 11.6 Å². The van der Waals surface area contributed by atoms with Gasteiger partial charge in [-0.05, 0) is 42.3 Å². The van der Waals surface area contributed by atoms with Gasteiger partial charge in [0.15, 0.2) is 6.61 Å². The van der Waals surface area contributed by atoms with Gasteiger partial charge in [-0.25, -0.2) is 4.98 Å². The van der Waals surface area contributed by atoms with E-state index in [4.69, 9.17) is 21.1 Å². The maximum Gasteiger partial charge on any atom is 0.258 e. The van der Waals surface area contributed by atoms with Gasteiger partial charge >= 0.3 is 0 Å². The van der Waals surface area contributed by atoms with Gasteiger partial charge in [0, 0.05) is 23.4 Å². The zero-order chi connectivity index (χ0) is 19.8. The zero-order valence-corrected chi connectivity index (χ0v) is 16.2. The van der Waals surface area contributed by atoms with Gasteiger partial charge in [-0.15, -0.1) is 0 Å². The molecule has 3 aromatic rings. The summed E-state index contributed by atoms with van der Waals surface area (Å²) in [5.74, 6) is 1.43. The number of rotatable bonds is 8. The smallest absolute Gasteiger partial charge is 0.258 e. The lowest BCUT2D eigenvalue weighted by Gasteiger charge is -2.18. The van der Waals surface area contributed by atoms with Crippen LogP contribution in [0.1, 0.15) is 24.9 Å². The molecular weight excluding hydrogens is 376 g/mol. The predicted octanol–water partition coefficient (Wildman–Crippen LogP) is 5.17. The Labute approximate surface area is 169 Å². The topological polar surface area (TPSA) is 60.5 Å². The molecule has 3 rings (SSSR count). The minimum atomic E-state index is -0.196. The Kier molecular flexibility index (Phi) is 6.87. The lowest BCUT2D eigenvalue weighted by molar-refractivity contribution is -0.123. The second-order valence-electron chi connectivity index (χ2n) is 6.11. The van der Waals surface area contributed by atoms with Gasteiger partial charge in [-0.2, -0.15) is 0 Å². The first-order valence-electron chi connectivity index (χ1n) is 9.00. The molecule has 0 radical (unpaired) electrons. The fourth-order valence-electron chi connectivity index (χ4n) is 2.66. The van der Waals surface area contributed by atoms with E-state index in [1.54, 1.807) is 36.5 Å². The van der Waals surface area contributed by atoms with E-state index in [0.29, 0.717) is 22.4 Å². The van der Waals surface area contributed by atoms with Crippen molar-refractivity contribution < 1.29 is 14.3 Å². The Morgan fingerprint density at radius 3 is 2.57 bits per heavy atom. The molecule has 1 heterocycles. The van der Waals surface area contributed by atoms with Gasteiger partial charge in [-0.3, -0.25) is 4.79 Å². The first-order chi connectivity index (χ1) is 13.6. The van der Waals surface area contributed by atoms with Crippen LogP contribution in [0, 0.1) is 0 Å². The number of carbonyl (C=O) groups excluding carboxylic acids is 1. The third-order valence-corrected chi connectivity index (χ3v) is 4.30. The van der Waals surface area contributed by atoms with Crippen LogP contribution in [-0.4, -0.2) is 17.5 Å². The van der Waals surface area contributed by atoms with Crippen molar-refractivity contribution in [1.29, 1.82) is 0 Å². The van der Waals surface area contributed by atoms with Gasteiger partial charge in [0.05, 0.1) is 6.04 Å². The summed E-state index contributed by atoms with van der Waals surface area (Å²) in [5.41, 5.74) is 1.01. The van der Waals surface area contributed by atoms with Crippen molar-refractivity contribution in [2.45, 2.75) is 19.4 Å². The molecule has 1 amide bonds. The van der Waals surface area contributed by atoms with E-state index >= 15 is 0 Å². The summed E-state index contributed by atoms with van der Waals surface area (Å²) < 4.78 is 11.3. The molecule has 1 atom stereocenters. The highest BCUT2D eigenvalue weighted by Gasteiger charge is 2.13. The number of pyridine rings is 1. The number of aromatic nitrogens is 1. The van der Waals surface area contributed by atoms with Gasteiger partial charge in [0.1, 0.15) is 11.5 Å². The van der Waals surface area contributed by atoms with Crippen LogP contribution in [0.5, 0.6) is 17.4 Å². The first kappa shape index (κ1) is 19.7. The van der Waals surface area contributed by atoms with Crippen molar-refractivity contribution >= 4 is 17.5 Å². The number of amides is 1. The Bertz CT molecular complexity index is 901. The molecule has 0 saturated heterocycles. The fourth-order valence-corrected chi connectivity index (χ4v) is 2.78. The lowest BCUT2D eigenvalue weighted by Crippen LogP contribution is -2.32. The average molecular weight is 397 g/mol. The van der Waals surface area contributed by atoms with E-state index < -0.39 is 0 Å². The van der Waals surface area contributed by atoms with Crippen LogP contribution in [0.4, 0.5) is 0 Å². The minimum absolute atomic E-state index is 0.0862. The summed E-state index contributed by atoms with van der Waals surface area (Å²) >= 11 is 5.93. The number of halogens is 1. The van der Waals surface area contributed by atoms with E-state index in [1.807, 2.05) is 43.3 Å². The second kappa shape index (κ2) is 9.76. The van der Waals surface area contributed by atoms with Gasteiger partial charge < -0.3 is 14.8 Å². The first-order valence-corrected chi connectivity index (χ1v) is 9.38. The van der Waals surface area contributed by atoms with Crippen molar-refractivity contribution in [2.24, 2.45) is 0 Å². The van der Waals surface area contributed by atoms with E-state index in [2.05, 4.69) is 10.3 Å². The summed E-state index contributed by atoms with van der Waals surface area (Å²) in [4.78, 5) is 16.4. The Morgan fingerprint density at radius 1 is 1.07 bits per heavy atom. The highest BCUT2D eigenvalue weighted by Crippen LogP contribution is 2.24. The van der Waals surface area contributed by atoms with Crippen molar-refractivity contribution in [3.05, 3.63) is 83.5 Å². The van der Waals surface area contributed by atoms with Gasteiger partial charge in [0.25, 0.3) is 5.91 Å². The number of hydrogen-bond acceptors (Lipinski definition) is 4. The molecular formula is C22H21ClN2O3. The number of benzene rings is 2. The molecule has 28 heavy (non-hydrogen) atoms. The van der Waals surface area contributed by atoms with Gasteiger partial charge in [0.2, 0.25) is 5.88 Å². The maximum atomic E-state index is 12.3. The summed E-state index contributed by atoms with van der Waals surface area (Å²) in [6.45, 7) is 1.93.